The Kier molecular flexibility index (Phi) is 7.49. The van der Waals surface area contributed by atoms with Crippen molar-refractivity contribution in [2.45, 2.75) is 38.0 Å². The predicted molar refractivity (Wildman–Crippen MR) is 120 cm³/mol. The molecule has 0 unspecified atom stereocenters. The topological polar surface area (TPSA) is 81.8 Å². The van der Waals surface area contributed by atoms with Crippen molar-refractivity contribution in [2.24, 2.45) is 5.41 Å². The molecule has 3 rings (SSSR count). The van der Waals surface area contributed by atoms with Crippen LogP contribution in [0.3, 0.4) is 0 Å². The molecule has 1 aromatic rings. The third-order valence-corrected chi connectivity index (χ3v) is 6.55. The Morgan fingerprint density at radius 1 is 1.20 bits per heavy atom. The maximum atomic E-state index is 13.8. The maximum Gasteiger partial charge on any atom is 0.403 e. The van der Waals surface area contributed by atoms with Gasteiger partial charge in [-0.05, 0) is 43.5 Å². The summed E-state index contributed by atoms with van der Waals surface area (Å²) >= 11 is 5.90. The monoisotopic (exact) mass is 516 g/mol. The van der Waals surface area contributed by atoms with Crippen LogP contribution in [0.15, 0.2) is 42.8 Å². The van der Waals surface area contributed by atoms with Gasteiger partial charge in [0.05, 0.1) is 16.8 Å². The molecule has 0 aromatic heterocycles. The van der Waals surface area contributed by atoms with Crippen molar-refractivity contribution in [3.05, 3.63) is 59.2 Å². The van der Waals surface area contributed by atoms with E-state index in [1.807, 2.05) is 0 Å². The highest BCUT2D eigenvalue weighted by Gasteiger charge is 2.70. The minimum atomic E-state index is -4.70. The van der Waals surface area contributed by atoms with Gasteiger partial charge in [0.25, 0.3) is 0 Å². The van der Waals surface area contributed by atoms with Crippen LogP contribution in [0.1, 0.15) is 31.4 Å². The van der Waals surface area contributed by atoms with Gasteiger partial charge in [0.15, 0.2) is 0 Å². The summed E-state index contributed by atoms with van der Waals surface area (Å²) in [6.45, 7) is 4.51. The summed E-state index contributed by atoms with van der Waals surface area (Å²) in [5.74, 6) is -3.79. The smallest absolute Gasteiger partial charge is 0.392 e. The second-order valence-electron chi connectivity index (χ2n) is 8.58. The molecule has 2 atom stereocenters. The van der Waals surface area contributed by atoms with E-state index in [1.54, 1.807) is 7.05 Å². The van der Waals surface area contributed by atoms with Crippen LogP contribution in [0.4, 0.5) is 17.6 Å². The van der Waals surface area contributed by atoms with E-state index in [4.69, 9.17) is 11.6 Å². The number of rotatable bonds is 5. The standard InChI is InChI=1S/C23H25ClF4N4O3/c1-4-15(10-29-3)30-19(33)20(34)32-11-13(2)31(21(35)22(7-8-22)23(26,27)28)12-18(32)14-5-6-17(25)16(24)9-14/h4-6,9-10,13,18,29H,1,7-8,11-12H2,2-3H3,(H,30,33)/b15-10+/t13-,18-/m1/s1. The Morgan fingerprint density at radius 2 is 1.86 bits per heavy atom. The van der Waals surface area contributed by atoms with Gasteiger partial charge in [-0.15, -0.1) is 0 Å². The quantitative estimate of drug-likeness (QED) is 0.357. The van der Waals surface area contributed by atoms with Gasteiger partial charge in [0, 0.05) is 32.4 Å². The Hall–Kier alpha value is -3.08. The average Bonchev–Trinajstić information content (AvgIpc) is 3.62. The van der Waals surface area contributed by atoms with Gasteiger partial charge >= 0.3 is 18.0 Å². The van der Waals surface area contributed by atoms with E-state index in [-0.39, 0.29) is 42.2 Å². The van der Waals surface area contributed by atoms with E-state index in [9.17, 15) is 31.9 Å². The fourth-order valence-electron chi connectivity index (χ4n) is 4.12. The summed E-state index contributed by atoms with van der Waals surface area (Å²) in [5, 5.41) is 4.81. The lowest BCUT2D eigenvalue weighted by Gasteiger charge is -2.46. The molecule has 190 valence electrons. The largest absolute Gasteiger partial charge is 0.403 e. The summed E-state index contributed by atoms with van der Waals surface area (Å²) in [7, 11) is 1.58. The molecular formula is C23H25ClF4N4O3. The minimum Gasteiger partial charge on any atom is -0.392 e. The van der Waals surface area contributed by atoms with Crippen molar-refractivity contribution in [2.75, 3.05) is 20.1 Å². The van der Waals surface area contributed by atoms with Crippen molar-refractivity contribution < 1.29 is 31.9 Å². The highest BCUT2D eigenvalue weighted by atomic mass is 35.5. The van der Waals surface area contributed by atoms with Crippen LogP contribution in [-0.4, -0.2) is 59.9 Å². The number of benzene rings is 1. The fraction of sp³-hybridized carbons (Fsp3) is 0.435. The first kappa shape index (κ1) is 26.5. The molecule has 1 aliphatic carbocycles. The number of carbonyl (C=O) groups excluding carboxylic acids is 3. The van der Waals surface area contributed by atoms with Crippen LogP contribution < -0.4 is 10.6 Å². The Labute approximate surface area is 204 Å². The van der Waals surface area contributed by atoms with Crippen LogP contribution in [0.2, 0.25) is 5.02 Å². The van der Waals surface area contributed by atoms with E-state index < -0.39 is 47.2 Å². The zero-order chi connectivity index (χ0) is 26.1. The number of nitrogens with zero attached hydrogens (tertiary/aromatic N) is 2. The number of carbonyl (C=O) groups is 3. The number of allylic oxidation sites excluding steroid dienone is 1. The third-order valence-electron chi connectivity index (χ3n) is 6.26. The van der Waals surface area contributed by atoms with Gasteiger partial charge in [-0.2, -0.15) is 13.2 Å². The SMILES string of the molecule is C=C/C(=C\NC)NC(=O)C(=O)N1C[C@@H](C)N(C(=O)C2(C(F)(F)F)CC2)C[C@@H]1c1ccc(F)c(Cl)c1. The van der Waals surface area contributed by atoms with Crippen LogP contribution in [0, 0.1) is 11.2 Å². The lowest BCUT2D eigenvalue weighted by Crippen LogP contribution is -2.61. The number of piperazine rings is 1. The molecule has 2 aliphatic rings. The molecule has 1 saturated carbocycles. The highest BCUT2D eigenvalue weighted by molar-refractivity contribution is 6.35. The molecule has 35 heavy (non-hydrogen) atoms. The Morgan fingerprint density at radius 3 is 2.37 bits per heavy atom. The number of halogens is 5. The van der Waals surface area contributed by atoms with E-state index >= 15 is 0 Å². The molecule has 1 saturated heterocycles. The van der Waals surface area contributed by atoms with E-state index in [0.29, 0.717) is 0 Å². The van der Waals surface area contributed by atoms with Gasteiger partial charge in [0.2, 0.25) is 5.91 Å². The molecule has 1 aliphatic heterocycles. The molecule has 2 N–H and O–H groups in total. The first-order valence-corrected chi connectivity index (χ1v) is 11.2. The molecule has 1 aromatic carbocycles. The Balaban J connectivity index is 1.95. The van der Waals surface area contributed by atoms with E-state index in [1.165, 1.54) is 31.3 Å². The molecule has 0 bridgehead atoms. The predicted octanol–water partition coefficient (Wildman–Crippen LogP) is 3.29. The molecule has 12 heteroatoms. The van der Waals surface area contributed by atoms with Crippen LogP contribution in [-0.2, 0) is 14.4 Å². The molecule has 2 fully saturated rings. The number of alkyl halides is 3. The third kappa shape index (κ3) is 5.14. The zero-order valence-corrected chi connectivity index (χ0v) is 19.8. The van der Waals surface area contributed by atoms with Gasteiger partial charge in [-0.25, -0.2) is 4.39 Å². The lowest BCUT2D eigenvalue weighted by molar-refractivity contribution is -0.201. The van der Waals surface area contributed by atoms with Crippen molar-refractivity contribution in [3.8, 4) is 0 Å². The van der Waals surface area contributed by atoms with Crippen LogP contribution >= 0.6 is 11.6 Å². The van der Waals surface area contributed by atoms with Crippen molar-refractivity contribution in [1.82, 2.24) is 20.4 Å². The zero-order valence-electron chi connectivity index (χ0n) is 19.1. The molecule has 7 nitrogen and oxygen atoms in total. The second-order valence-corrected chi connectivity index (χ2v) is 8.99. The number of hydrogen-bond acceptors (Lipinski definition) is 4. The van der Waals surface area contributed by atoms with Gasteiger partial charge < -0.3 is 20.4 Å². The molecule has 0 spiro atoms. The summed E-state index contributed by atoms with van der Waals surface area (Å²) in [4.78, 5) is 41.0. The van der Waals surface area contributed by atoms with Crippen LogP contribution in [0.25, 0.3) is 0 Å². The summed E-state index contributed by atoms with van der Waals surface area (Å²) in [5.41, 5.74) is -1.95. The molecule has 1 heterocycles. The minimum absolute atomic E-state index is 0.218. The highest BCUT2D eigenvalue weighted by Crippen LogP contribution is 2.59. The number of amides is 3. The maximum absolute atomic E-state index is 13.8. The molecular weight excluding hydrogens is 492 g/mol. The average molecular weight is 517 g/mol. The second kappa shape index (κ2) is 9.88. The number of hydrogen-bond donors (Lipinski definition) is 2. The molecule has 3 amide bonds. The lowest BCUT2D eigenvalue weighted by atomic mass is 9.96. The van der Waals surface area contributed by atoms with E-state index in [0.717, 1.165) is 15.9 Å². The van der Waals surface area contributed by atoms with Crippen molar-refractivity contribution in [3.63, 3.8) is 0 Å². The van der Waals surface area contributed by atoms with Crippen molar-refractivity contribution >= 4 is 29.3 Å². The normalized spacial score (nSPS) is 21.9. The first-order valence-electron chi connectivity index (χ1n) is 10.8. The summed E-state index contributed by atoms with van der Waals surface area (Å²) in [6.07, 6.45) is -2.60. The number of nitrogens with one attached hydrogen (secondary N) is 2. The summed E-state index contributed by atoms with van der Waals surface area (Å²) < 4.78 is 54.7. The Bertz CT molecular complexity index is 1070. The van der Waals surface area contributed by atoms with E-state index in [2.05, 4.69) is 17.2 Å². The first-order chi connectivity index (χ1) is 16.4. The molecule has 0 radical (unpaired) electrons. The van der Waals surface area contributed by atoms with Gasteiger partial charge in [-0.1, -0.05) is 24.2 Å². The van der Waals surface area contributed by atoms with Gasteiger partial charge in [0.1, 0.15) is 11.2 Å². The fourth-order valence-corrected chi connectivity index (χ4v) is 4.31. The summed E-state index contributed by atoms with van der Waals surface area (Å²) in [6, 6.07) is 1.75. The van der Waals surface area contributed by atoms with Crippen LogP contribution in [0.5, 0.6) is 0 Å². The van der Waals surface area contributed by atoms with Crippen molar-refractivity contribution in [1.29, 1.82) is 0 Å². The van der Waals surface area contributed by atoms with Gasteiger partial charge in [-0.3, -0.25) is 14.4 Å².